The van der Waals surface area contributed by atoms with E-state index in [2.05, 4.69) is 6.58 Å². The minimum Gasteiger partial charge on any atom is -0.263 e. The molecule has 4 heteroatoms. The van der Waals surface area contributed by atoms with E-state index in [0.29, 0.717) is 0 Å². The predicted molar refractivity (Wildman–Crippen MR) is 47.1 cm³/mol. The van der Waals surface area contributed by atoms with Crippen LogP contribution in [0.25, 0.3) is 0 Å². The van der Waals surface area contributed by atoms with Gasteiger partial charge in [0.2, 0.25) is 0 Å². The lowest BCUT2D eigenvalue weighted by molar-refractivity contribution is 0.165. The van der Waals surface area contributed by atoms with Crippen LogP contribution in [0.4, 0.5) is 0 Å². The van der Waals surface area contributed by atoms with Crippen LogP contribution in [0.1, 0.15) is 32.1 Å². The first-order valence-electron chi connectivity index (χ1n) is 4.20. The van der Waals surface area contributed by atoms with Crippen LogP contribution in [-0.2, 0) is 14.3 Å². The Balaban J connectivity index is 2.44. The molecule has 1 aliphatic carbocycles. The molecule has 0 radical (unpaired) electrons. The Morgan fingerprint density at radius 1 is 1.25 bits per heavy atom. The summed E-state index contributed by atoms with van der Waals surface area (Å²) >= 11 is 0. The average molecular weight is 190 g/mol. The zero-order valence-corrected chi connectivity index (χ0v) is 7.85. The van der Waals surface area contributed by atoms with Gasteiger partial charge in [0.05, 0.1) is 11.5 Å². The zero-order valence-electron chi connectivity index (χ0n) is 7.03. The molecule has 0 bridgehead atoms. The predicted octanol–water partition coefficient (Wildman–Crippen LogP) is 1.81. The first-order valence-corrected chi connectivity index (χ1v) is 5.67. The normalized spacial score (nSPS) is 20.7. The lowest BCUT2D eigenvalue weighted by Crippen LogP contribution is -2.19. The summed E-state index contributed by atoms with van der Waals surface area (Å²) < 4.78 is 26.7. The van der Waals surface area contributed by atoms with Gasteiger partial charge in [-0.3, -0.25) is 4.18 Å². The molecule has 0 atom stereocenters. The van der Waals surface area contributed by atoms with Gasteiger partial charge in [-0.15, -0.1) is 0 Å². The van der Waals surface area contributed by atoms with Crippen LogP contribution in [0, 0.1) is 0 Å². The minimum absolute atomic E-state index is 0.109. The Bertz CT molecular complexity index is 237. The van der Waals surface area contributed by atoms with Gasteiger partial charge in [0, 0.05) is 0 Å². The van der Waals surface area contributed by atoms with Crippen LogP contribution in [0.15, 0.2) is 12.0 Å². The molecule has 0 saturated heterocycles. The third-order valence-corrected chi connectivity index (χ3v) is 2.98. The van der Waals surface area contributed by atoms with Crippen molar-refractivity contribution in [2.75, 3.05) is 0 Å². The molecule has 0 aromatic rings. The molecule has 0 aromatic heterocycles. The first-order chi connectivity index (χ1) is 5.64. The van der Waals surface area contributed by atoms with Crippen LogP contribution in [0.5, 0.6) is 0 Å². The SMILES string of the molecule is C=CS(=O)(=O)OC1CCCCC1. The maximum Gasteiger partial charge on any atom is 0.289 e. The summed E-state index contributed by atoms with van der Waals surface area (Å²) in [6, 6.07) is 0. The Hall–Kier alpha value is -0.350. The van der Waals surface area contributed by atoms with E-state index in [1.807, 2.05) is 0 Å². The molecule has 0 N–H and O–H groups in total. The molecule has 0 aromatic carbocycles. The number of rotatable bonds is 3. The molecule has 0 amide bonds. The standard InChI is InChI=1S/C8H14O3S/c1-2-12(9,10)11-8-6-4-3-5-7-8/h2,8H,1,3-7H2. The van der Waals surface area contributed by atoms with E-state index >= 15 is 0 Å². The van der Waals surface area contributed by atoms with Gasteiger partial charge in [0.25, 0.3) is 10.1 Å². The van der Waals surface area contributed by atoms with Crippen molar-refractivity contribution in [3.8, 4) is 0 Å². The Morgan fingerprint density at radius 3 is 2.33 bits per heavy atom. The van der Waals surface area contributed by atoms with Crippen molar-refractivity contribution in [2.24, 2.45) is 0 Å². The highest BCUT2D eigenvalue weighted by atomic mass is 32.2. The van der Waals surface area contributed by atoms with E-state index in [1.165, 1.54) is 6.42 Å². The lowest BCUT2D eigenvalue weighted by Gasteiger charge is -2.20. The van der Waals surface area contributed by atoms with Crippen molar-refractivity contribution in [3.63, 3.8) is 0 Å². The summed E-state index contributed by atoms with van der Waals surface area (Å²) in [5.74, 6) is 0. The highest BCUT2D eigenvalue weighted by Crippen LogP contribution is 2.21. The van der Waals surface area contributed by atoms with Crippen molar-refractivity contribution in [1.82, 2.24) is 0 Å². The maximum absolute atomic E-state index is 10.9. The Kier molecular flexibility index (Phi) is 3.29. The van der Waals surface area contributed by atoms with Crippen molar-refractivity contribution in [3.05, 3.63) is 12.0 Å². The third kappa shape index (κ3) is 2.95. The summed E-state index contributed by atoms with van der Waals surface area (Å²) in [6.45, 7) is 3.18. The molecule has 1 rings (SSSR count). The summed E-state index contributed by atoms with van der Waals surface area (Å²) in [5.41, 5.74) is 0. The Labute approximate surface area is 73.5 Å². The van der Waals surface area contributed by atoms with Crippen LogP contribution in [0.3, 0.4) is 0 Å². The Morgan fingerprint density at radius 2 is 1.83 bits per heavy atom. The van der Waals surface area contributed by atoms with Gasteiger partial charge < -0.3 is 0 Å². The highest BCUT2D eigenvalue weighted by molar-refractivity contribution is 7.89. The van der Waals surface area contributed by atoms with Gasteiger partial charge in [-0.2, -0.15) is 8.42 Å². The van der Waals surface area contributed by atoms with Crippen LogP contribution < -0.4 is 0 Å². The van der Waals surface area contributed by atoms with Gasteiger partial charge in [0.15, 0.2) is 0 Å². The molecule has 12 heavy (non-hydrogen) atoms. The minimum atomic E-state index is -3.46. The molecule has 1 saturated carbocycles. The number of hydrogen-bond donors (Lipinski definition) is 0. The van der Waals surface area contributed by atoms with Gasteiger partial charge in [-0.1, -0.05) is 25.8 Å². The third-order valence-electron chi connectivity index (χ3n) is 2.03. The molecule has 0 unspecified atom stereocenters. The zero-order chi connectivity index (χ0) is 9.03. The second kappa shape index (κ2) is 4.05. The monoisotopic (exact) mass is 190 g/mol. The highest BCUT2D eigenvalue weighted by Gasteiger charge is 2.18. The van der Waals surface area contributed by atoms with Gasteiger partial charge in [-0.05, 0) is 12.8 Å². The van der Waals surface area contributed by atoms with E-state index in [9.17, 15) is 8.42 Å². The quantitative estimate of drug-likeness (QED) is 0.637. The topological polar surface area (TPSA) is 43.4 Å². The fourth-order valence-electron chi connectivity index (χ4n) is 1.39. The van der Waals surface area contributed by atoms with Gasteiger partial charge >= 0.3 is 0 Å². The smallest absolute Gasteiger partial charge is 0.263 e. The van der Waals surface area contributed by atoms with Gasteiger partial charge in [-0.25, -0.2) is 0 Å². The molecule has 1 fully saturated rings. The lowest BCUT2D eigenvalue weighted by atomic mass is 9.98. The van der Waals surface area contributed by atoms with E-state index in [0.717, 1.165) is 31.1 Å². The van der Waals surface area contributed by atoms with Crippen LogP contribution >= 0.6 is 0 Å². The molecular formula is C8H14O3S. The van der Waals surface area contributed by atoms with E-state index in [1.54, 1.807) is 0 Å². The van der Waals surface area contributed by atoms with Crippen molar-refractivity contribution in [1.29, 1.82) is 0 Å². The fourth-order valence-corrected chi connectivity index (χ4v) is 2.04. The second-order valence-corrected chi connectivity index (χ2v) is 4.53. The molecule has 70 valence electrons. The first kappa shape index (κ1) is 9.74. The van der Waals surface area contributed by atoms with Crippen molar-refractivity contribution in [2.45, 2.75) is 38.2 Å². The van der Waals surface area contributed by atoms with Crippen LogP contribution in [-0.4, -0.2) is 14.5 Å². The summed E-state index contributed by atoms with van der Waals surface area (Å²) in [5, 5.41) is 0.863. The maximum atomic E-state index is 10.9. The van der Waals surface area contributed by atoms with E-state index < -0.39 is 10.1 Å². The van der Waals surface area contributed by atoms with Crippen LogP contribution in [0.2, 0.25) is 0 Å². The summed E-state index contributed by atoms with van der Waals surface area (Å²) in [4.78, 5) is 0. The number of hydrogen-bond acceptors (Lipinski definition) is 3. The average Bonchev–Trinajstić information content (AvgIpc) is 2.06. The molecular weight excluding hydrogens is 176 g/mol. The molecule has 1 aliphatic rings. The molecule has 3 nitrogen and oxygen atoms in total. The van der Waals surface area contributed by atoms with E-state index in [4.69, 9.17) is 4.18 Å². The van der Waals surface area contributed by atoms with Crippen molar-refractivity contribution < 1.29 is 12.6 Å². The molecule has 0 aliphatic heterocycles. The second-order valence-electron chi connectivity index (χ2n) is 3.02. The summed E-state index contributed by atoms with van der Waals surface area (Å²) in [7, 11) is -3.46. The molecule has 0 spiro atoms. The molecule has 0 heterocycles. The fraction of sp³-hybridized carbons (Fsp3) is 0.750. The largest absolute Gasteiger partial charge is 0.289 e. The van der Waals surface area contributed by atoms with Crippen molar-refractivity contribution >= 4 is 10.1 Å². The van der Waals surface area contributed by atoms with Gasteiger partial charge in [0.1, 0.15) is 0 Å². The summed E-state index contributed by atoms with van der Waals surface area (Å²) in [6.07, 6.45) is 4.92. The van der Waals surface area contributed by atoms with E-state index in [-0.39, 0.29) is 6.10 Å².